The van der Waals surface area contributed by atoms with E-state index in [1.165, 1.54) is 24.3 Å². The third-order valence-electron chi connectivity index (χ3n) is 13.0. The number of hydrazine groups is 1. The summed E-state index contributed by atoms with van der Waals surface area (Å²) in [6, 6.07) is 7.25. The summed E-state index contributed by atoms with van der Waals surface area (Å²) < 4.78 is 155. The summed E-state index contributed by atoms with van der Waals surface area (Å²) in [7, 11) is 3.26. The van der Waals surface area contributed by atoms with E-state index in [1.807, 2.05) is 10.7 Å². The van der Waals surface area contributed by atoms with Gasteiger partial charge in [-0.3, -0.25) is 19.8 Å². The van der Waals surface area contributed by atoms with Gasteiger partial charge in [-0.15, -0.1) is 0 Å². The molecule has 5 rings (SSSR count). The van der Waals surface area contributed by atoms with Crippen molar-refractivity contribution in [3.05, 3.63) is 124 Å². The van der Waals surface area contributed by atoms with Crippen LogP contribution in [0.3, 0.4) is 0 Å². The number of hydrogen-bond acceptors (Lipinski definition) is 12. The van der Waals surface area contributed by atoms with Gasteiger partial charge in [0.1, 0.15) is 36.1 Å². The highest BCUT2D eigenvalue weighted by Crippen LogP contribution is 2.42. The van der Waals surface area contributed by atoms with Gasteiger partial charge >= 0.3 is 31.1 Å². The number of fused-ring (bicyclic) bond motifs is 1. The first-order valence-corrected chi connectivity index (χ1v) is 23.9. The van der Waals surface area contributed by atoms with Gasteiger partial charge in [-0.05, 0) is 82.2 Å². The number of amides is 5. The Labute approximate surface area is 451 Å². The van der Waals surface area contributed by atoms with E-state index in [9.17, 15) is 64.2 Å². The number of benzene rings is 3. The van der Waals surface area contributed by atoms with Crippen LogP contribution in [0.2, 0.25) is 0 Å². The molecule has 0 radical (unpaired) electrons. The van der Waals surface area contributed by atoms with Gasteiger partial charge in [-0.2, -0.15) is 35.1 Å². The number of rotatable bonds is 20. The van der Waals surface area contributed by atoms with Crippen molar-refractivity contribution in [3.8, 4) is 23.1 Å². The third-order valence-corrected chi connectivity index (χ3v) is 13.0. The SMILES string of the molecule is COC(=O)NC(C(=O)N[C@@H](Cc1ccc(C#Cc2ccc(-c3cn4c(n3)CN(C)C(=O)C4)cc2)cc1)[C@@H](O)CN(Cc1c(F)cc(C(=N)/C=C\NC(F)F)cc1F)NC(=O)[C@@H](NC(=O)OC)C(C)(C)C(F)(F)F)C(C)(C)C(F)(F)F. The maximum Gasteiger partial charge on any atom is 0.407 e. The first-order chi connectivity index (χ1) is 37.2. The Bertz CT molecular complexity index is 2990. The zero-order valence-corrected chi connectivity index (χ0v) is 43.8. The molecule has 0 aliphatic carbocycles. The van der Waals surface area contributed by atoms with Gasteiger partial charge in [0.2, 0.25) is 11.8 Å². The molecule has 4 aromatic rings. The minimum Gasteiger partial charge on any atom is -0.453 e. The van der Waals surface area contributed by atoms with E-state index in [0.717, 1.165) is 31.7 Å². The van der Waals surface area contributed by atoms with Crippen LogP contribution in [0.5, 0.6) is 0 Å². The number of likely N-dealkylation sites (N-methyl/N-ethyl adjacent to an activating group) is 1. The van der Waals surface area contributed by atoms with Gasteiger partial charge in [0.05, 0.1) is 55.1 Å². The fourth-order valence-corrected chi connectivity index (χ4v) is 7.77. The number of imidazole rings is 1. The minimum absolute atomic E-state index is 0.0544. The number of alkyl halides is 8. The van der Waals surface area contributed by atoms with Crippen LogP contribution < -0.4 is 26.7 Å². The Balaban J connectivity index is 1.52. The monoisotopic (exact) mass is 1140 g/mol. The smallest absolute Gasteiger partial charge is 0.407 e. The predicted octanol–water partition coefficient (Wildman–Crippen LogP) is 6.44. The van der Waals surface area contributed by atoms with E-state index >= 15 is 8.78 Å². The highest BCUT2D eigenvalue weighted by molar-refractivity contribution is 6.06. The number of aromatic nitrogens is 2. The van der Waals surface area contributed by atoms with Gasteiger partial charge in [0, 0.05) is 60.4 Å². The maximum absolute atomic E-state index is 15.9. The molecular weight excluding hydrogens is 1080 g/mol. The molecule has 0 spiro atoms. The number of hydrogen-bond donors (Lipinski definition) is 7. The summed E-state index contributed by atoms with van der Waals surface area (Å²) in [4.78, 5) is 71.1. The second-order valence-corrected chi connectivity index (χ2v) is 19.4. The Morgan fingerprint density at radius 2 is 1.32 bits per heavy atom. The number of nitrogens with zero attached hydrogens (tertiary/aromatic N) is 4. The van der Waals surface area contributed by atoms with Gasteiger partial charge in [0.25, 0.3) is 5.91 Å². The minimum atomic E-state index is -5.25. The highest BCUT2D eigenvalue weighted by atomic mass is 19.4. The lowest BCUT2D eigenvalue weighted by Crippen LogP contribution is -2.63. The lowest BCUT2D eigenvalue weighted by molar-refractivity contribution is -0.221. The summed E-state index contributed by atoms with van der Waals surface area (Å²) >= 11 is 0. The van der Waals surface area contributed by atoms with Crippen LogP contribution in [-0.4, -0.2) is 131 Å². The largest absolute Gasteiger partial charge is 0.453 e. The normalized spacial score (nSPS) is 14.6. The van der Waals surface area contributed by atoms with Crippen molar-refractivity contribution in [1.29, 1.82) is 5.41 Å². The van der Waals surface area contributed by atoms with Crippen LogP contribution in [0, 0.1) is 39.7 Å². The zero-order valence-electron chi connectivity index (χ0n) is 43.8. The van der Waals surface area contributed by atoms with Crippen LogP contribution in [0.1, 0.15) is 61.3 Å². The number of alkyl carbamates (subject to hydrolysis) is 2. The highest BCUT2D eigenvalue weighted by Gasteiger charge is 2.57. The molecule has 0 bridgehead atoms. The van der Waals surface area contributed by atoms with Gasteiger partial charge in [-0.1, -0.05) is 36.1 Å². The third kappa shape index (κ3) is 15.8. The number of nitrogens with one attached hydrogen (secondary N) is 6. The van der Waals surface area contributed by atoms with E-state index in [0.29, 0.717) is 74.4 Å². The number of aliphatic hydroxyl groups is 1. The fraction of sp³-hybridized carbons (Fsp3) is 0.404. The summed E-state index contributed by atoms with van der Waals surface area (Å²) in [5, 5.41) is 28.0. The molecule has 7 N–H and O–H groups in total. The van der Waals surface area contributed by atoms with Crippen LogP contribution in [-0.2, 0) is 49.9 Å². The van der Waals surface area contributed by atoms with E-state index in [1.54, 1.807) is 57.6 Å². The van der Waals surface area contributed by atoms with Crippen molar-refractivity contribution in [2.75, 3.05) is 27.8 Å². The van der Waals surface area contributed by atoms with Crippen LogP contribution in [0.15, 0.2) is 79.1 Å². The molecule has 432 valence electrons. The molecule has 0 saturated carbocycles. The summed E-state index contributed by atoms with van der Waals surface area (Å²) in [5.74, 6) is 0.392. The lowest BCUT2D eigenvalue weighted by atomic mass is 9.82. The molecule has 0 saturated heterocycles. The lowest BCUT2D eigenvalue weighted by Gasteiger charge is -2.38. The summed E-state index contributed by atoms with van der Waals surface area (Å²) in [6.45, 7) is -2.70. The predicted molar refractivity (Wildman–Crippen MR) is 267 cm³/mol. The number of allylic oxidation sites excluding steroid dienone is 1. The summed E-state index contributed by atoms with van der Waals surface area (Å²) in [6.07, 6.45) is -13.0. The van der Waals surface area contributed by atoms with Gasteiger partial charge < -0.3 is 50.7 Å². The molecule has 2 heterocycles. The number of carbonyl (C=O) groups is 5. The topological polar surface area (TPSA) is 232 Å². The average molecular weight is 1140 g/mol. The van der Waals surface area contributed by atoms with E-state index < -0.39 is 126 Å². The van der Waals surface area contributed by atoms with Crippen LogP contribution >= 0.6 is 0 Å². The number of halogens is 10. The molecular formula is C52H56F10N10O8. The summed E-state index contributed by atoms with van der Waals surface area (Å²) in [5.41, 5.74) is -3.73. The molecule has 1 aromatic heterocycles. The van der Waals surface area contributed by atoms with Crippen molar-refractivity contribution in [3.63, 3.8) is 0 Å². The second kappa shape index (κ2) is 25.7. The van der Waals surface area contributed by atoms with Crippen LogP contribution in [0.25, 0.3) is 11.3 Å². The standard InChI is InChI=1S/C52H56F10N10O8/c1-49(2,51(57,58)59)42(67-47(77)79-6)44(75)66-37(20-30-12-10-28(11-13-30)8-9-29-14-16-31(17-15-29)38-24-71-27-41(74)70(5)26-40(71)65-38)39(73)25-72(69-45(76)43(68-48(78)80-7)50(3,4)52(60,61)62)23-33-34(53)21-32(22-35(33)54)36(63)18-19-64-46(55)56/h10-19,21-22,24,37,39,42-43,46,63-64,73H,20,23,25-27H2,1-7H3,(H,66,75)(H,67,77)(H,68,78)(H,69,76)/b19-18-,63-36?/t37-,39-,42?,43+/m0/s1. The molecule has 5 amide bonds. The van der Waals surface area contributed by atoms with E-state index in [2.05, 4.69) is 31.6 Å². The van der Waals surface area contributed by atoms with Crippen molar-refractivity contribution in [1.82, 2.24) is 46.2 Å². The van der Waals surface area contributed by atoms with Gasteiger partial charge in [-0.25, -0.2) is 28.4 Å². The molecule has 18 nitrogen and oxygen atoms in total. The number of ether oxygens (including phenoxy) is 2. The maximum atomic E-state index is 15.9. The molecule has 3 aromatic carbocycles. The Morgan fingerprint density at radius 3 is 1.82 bits per heavy atom. The Morgan fingerprint density at radius 1 is 0.812 bits per heavy atom. The van der Waals surface area contributed by atoms with Crippen molar-refractivity contribution < 1.29 is 82.5 Å². The zero-order chi connectivity index (χ0) is 59.7. The second-order valence-electron chi connectivity index (χ2n) is 19.4. The van der Waals surface area contributed by atoms with Gasteiger partial charge in [0.15, 0.2) is 0 Å². The first kappa shape index (κ1) is 62.7. The number of carbonyl (C=O) groups excluding carboxylic acids is 5. The van der Waals surface area contributed by atoms with Crippen molar-refractivity contribution in [2.45, 2.75) is 96.9 Å². The number of methoxy groups -OCH3 is 2. The van der Waals surface area contributed by atoms with E-state index in [-0.39, 0.29) is 18.0 Å². The first-order valence-electron chi connectivity index (χ1n) is 23.9. The molecule has 80 heavy (non-hydrogen) atoms. The molecule has 0 fully saturated rings. The van der Waals surface area contributed by atoms with Crippen LogP contribution in [0.4, 0.5) is 53.5 Å². The van der Waals surface area contributed by atoms with E-state index in [4.69, 9.17) is 5.41 Å². The Kier molecular flexibility index (Phi) is 20.1. The fourth-order valence-electron chi connectivity index (χ4n) is 7.77. The molecule has 28 heteroatoms. The molecule has 4 atom stereocenters. The number of aliphatic hydroxyl groups excluding tert-OH is 1. The van der Waals surface area contributed by atoms with Crippen molar-refractivity contribution >= 4 is 35.6 Å². The molecule has 1 aliphatic rings. The molecule has 1 unspecified atom stereocenters. The quantitative estimate of drug-likeness (QED) is 0.0167. The average Bonchev–Trinajstić information content (AvgIpc) is 3.78. The Hall–Kier alpha value is -8.19. The molecule has 1 aliphatic heterocycles. The van der Waals surface area contributed by atoms with Crippen molar-refractivity contribution in [2.24, 2.45) is 10.8 Å².